The van der Waals surface area contributed by atoms with E-state index in [1.54, 1.807) is 0 Å². The summed E-state index contributed by atoms with van der Waals surface area (Å²) in [5.41, 5.74) is 3.21. The van der Waals surface area contributed by atoms with E-state index in [4.69, 9.17) is 0 Å². The second-order valence-corrected chi connectivity index (χ2v) is 8.26. The lowest BCUT2D eigenvalue weighted by molar-refractivity contribution is -0.0316. The van der Waals surface area contributed by atoms with Crippen molar-refractivity contribution in [2.75, 3.05) is 32.7 Å². The van der Waals surface area contributed by atoms with Crippen LogP contribution in [0.5, 0.6) is 0 Å². The molecule has 2 aromatic carbocycles. The summed E-state index contributed by atoms with van der Waals surface area (Å²) in [6, 6.07) is 19.5. The monoisotopic (exact) mass is 436 g/mol. The Bertz CT molecular complexity index is 729. The van der Waals surface area contributed by atoms with Gasteiger partial charge in [0.15, 0.2) is 0 Å². The summed E-state index contributed by atoms with van der Waals surface area (Å²) in [7, 11) is 0. The van der Waals surface area contributed by atoms with Crippen LogP contribution < -0.4 is 5.32 Å². The number of aliphatic hydroxyl groups is 1. The molecule has 2 aliphatic rings. The Labute approximate surface area is 187 Å². The largest absolute Gasteiger partial charge is 0.389 e. The summed E-state index contributed by atoms with van der Waals surface area (Å²) in [4.78, 5) is 2.53. The minimum atomic E-state index is -0.571. The van der Waals surface area contributed by atoms with Crippen molar-refractivity contribution in [3.63, 3.8) is 0 Å². The summed E-state index contributed by atoms with van der Waals surface area (Å²) in [5.74, 6) is 0.180. The molecule has 1 saturated carbocycles. The molecule has 5 heteroatoms. The Morgan fingerprint density at radius 3 is 2.21 bits per heavy atom. The van der Waals surface area contributed by atoms with E-state index in [0.717, 1.165) is 58.4 Å². The first-order chi connectivity index (χ1) is 13.2. The Morgan fingerprint density at radius 1 is 0.862 bits per heavy atom. The second-order valence-electron chi connectivity index (χ2n) is 8.26. The third-order valence-corrected chi connectivity index (χ3v) is 6.41. The molecule has 1 unspecified atom stereocenters. The molecule has 2 aromatic rings. The van der Waals surface area contributed by atoms with Gasteiger partial charge in [0.25, 0.3) is 0 Å². The molecule has 0 spiro atoms. The minimum Gasteiger partial charge on any atom is -0.389 e. The summed E-state index contributed by atoms with van der Waals surface area (Å²) >= 11 is 0. The molecule has 160 valence electrons. The van der Waals surface area contributed by atoms with E-state index in [9.17, 15) is 5.11 Å². The quantitative estimate of drug-likeness (QED) is 0.700. The highest BCUT2D eigenvalue weighted by molar-refractivity contribution is 5.85. The SMILES string of the molecule is Cl.Cl.OC1(C(CN2CCNCC2)c2cccc(-c3ccccc3)c2)CCCCC1. The lowest BCUT2D eigenvalue weighted by Crippen LogP contribution is -2.49. The van der Waals surface area contributed by atoms with E-state index in [1.165, 1.54) is 23.1 Å². The summed E-state index contributed by atoms with van der Waals surface area (Å²) in [6.07, 6.45) is 5.41. The van der Waals surface area contributed by atoms with Crippen molar-refractivity contribution in [1.29, 1.82) is 0 Å². The second kappa shape index (κ2) is 11.3. The fraction of sp³-hybridized carbons (Fsp3) is 0.500. The molecule has 1 saturated heterocycles. The highest BCUT2D eigenvalue weighted by Gasteiger charge is 2.39. The van der Waals surface area contributed by atoms with E-state index in [0.29, 0.717) is 0 Å². The van der Waals surface area contributed by atoms with Crippen molar-refractivity contribution >= 4 is 24.8 Å². The number of halogens is 2. The third-order valence-electron chi connectivity index (χ3n) is 6.41. The Balaban J connectivity index is 0.00000150. The molecule has 4 rings (SSSR count). The van der Waals surface area contributed by atoms with Crippen LogP contribution in [-0.2, 0) is 0 Å². The standard InChI is InChI=1S/C24H32N2O.2ClH/c27-24(12-5-2-6-13-24)23(19-26-16-14-25-15-17-26)22-11-7-10-21(18-22)20-8-3-1-4-9-20;;/h1,3-4,7-11,18,23,25,27H,2,5-6,12-17,19H2;2*1H. The normalized spacial score (nSPS) is 20.2. The Morgan fingerprint density at radius 2 is 1.52 bits per heavy atom. The summed E-state index contributed by atoms with van der Waals surface area (Å²) < 4.78 is 0. The van der Waals surface area contributed by atoms with E-state index in [1.807, 2.05) is 0 Å². The lowest BCUT2D eigenvalue weighted by atomic mass is 9.72. The number of benzene rings is 2. The van der Waals surface area contributed by atoms with Crippen LogP contribution in [-0.4, -0.2) is 48.3 Å². The molecule has 3 nitrogen and oxygen atoms in total. The maximum Gasteiger partial charge on any atom is 0.0728 e. The van der Waals surface area contributed by atoms with Gasteiger partial charge in [-0.3, -0.25) is 0 Å². The summed E-state index contributed by atoms with van der Waals surface area (Å²) in [6.45, 7) is 5.21. The van der Waals surface area contributed by atoms with Crippen LogP contribution in [0.1, 0.15) is 43.6 Å². The number of hydrogen-bond acceptors (Lipinski definition) is 3. The Kier molecular flexibility index (Phi) is 9.45. The zero-order chi connectivity index (χ0) is 18.5. The van der Waals surface area contributed by atoms with Gasteiger partial charge < -0.3 is 15.3 Å². The molecule has 0 aromatic heterocycles. The molecule has 0 radical (unpaired) electrons. The number of hydrogen-bond donors (Lipinski definition) is 2. The van der Waals surface area contributed by atoms with Gasteiger partial charge in [-0.25, -0.2) is 0 Å². The van der Waals surface area contributed by atoms with E-state index in [-0.39, 0.29) is 30.7 Å². The fourth-order valence-electron chi connectivity index (χ4n) is 4.82. The zero-order valence-corrected chi connectivity index (χ0v) is 18.7. The van der Waals surface area contributed by atoms with Crippen molar-refractivity contribution < 1.29 is 5.11 Å². The molecule has 1 heterocycles. The molecule has 29 heavy (non-hydrogen) atoms. The molecule has 2 N–H and O–H groups in total. The maximum absolute atomic E-state index is 11.6. The Hall–Kier alpha value is -1.10. The average molecular weight is 437 g/mol. The first-order valence-electron chi connectivity index (χ1n) is 10.6. The molecule has 2 fully saturated rings. The van der Waals surface area contributed by atoms with Crippen LogP contribution in [0.2, 0.25) is 0 Å². The van der Waals surface area contributed by atoms with E-state index < -0.39 is 5.60 Å². The number of rotatable bonds is 5. The van der Waals surface area contributed by atoms with E-state index >= 15 is 0 Å². The van der Waals surface area contributed by atoms with Gasteiger partial charge in [0.05, 0.1) is 5.60 Å². The molecule has 1 aliphatic carbocycles. The number of nitrogens with one attached hydrogen (secondary N) is 1. The molecule has 0 amide bonds. The van der Waals surface area contributed by atoms with Crippen molar-refractivity contribution in [3.8, 4) is 11.1 Å². The predicted molar refractivity (Wildman–Crippen MR) is 126 cm³/mol. The van der Waals surface area contributed by atoms with Crippen LogP contribution in [0.4, 0.5) is 0 Å². The van der Waals surface area contributed by atoms with Gasteiger partial charge in [0.1, 0.15) is 0 Å². The minimum absolute atomic E-state index is 0. The zero-order valence-electron chi connectivity index (χ0n) is 17.1. The highest BCUT2D eigenvalue weighted by Crippen LogP contribution is 2.41. The first kappa shape index (κ1) is 24.2. The van der Waals surface area contributed by atoms with Gasteiger partial charge >= 0.3 is 0 Å². The van der Waals surface area contributed by atoms with E-state index in [2.05, 4.69) is 64.8 Å². The van der Waals surface area contributed by atoms with Crippen molar-refractivity contribution in [2.24, 2.45) is 0 Å². The van der Waals surface area contributed by atoms with Crippen molar-refractivity contribution in [3.05, 3.63) is 60.2 Å². The fourth-order valence-corrected chi connectivity index (χ4v) is 4.82. The van der Waals surface area contributed by atoms with Crippen LogP contribution in [0.25, 0.3) is 11.1 Å². The maximum atomic E-state index is 11.6. The van der Waals surface area contributed by atoms with Crippen LogP contribution in [0, 0.1) is 0 Å². The molecule has 1 atom stereocenters. The molecule has 1 aliphatic heterocycles. The smallest absolute Gasteiger partial charge is 0.0728 e. The molecular weight excluding hydrogens is 403 g/mol. The van der Waals surface area contributed by atoms with Crippen molar-refractivity contribution in [2.45, 2.75) is 43.6 Å². The predicted octanol–water partition coefficient (Wildman–Crippen LogP) is 4.88. The lowest BCUT2D eigenvalue weighted by Gasteiger charge is -2.42. The van der Waals surface area contributed by atoms with Gasteiger partial charge in [-0.2, -0.15) is 0 Å². The van der Waals surface area contributed by atoms with Gasteiger partial charge in [-0.15, -0.1) is 24.8 Å². The number of nitrogens with zero attached hydrogens (tertiary/aromatic N) is 1. The third kappa shape index (κ3) is 5.96. The molecule has 0 bridgehead atoms. The van der Waals surface area contributed by atoms with Gasteiger partial charge in [0, 0.05) is 38.6 Å². The summed E-state index contributed by atoms with van der Waals surface area (Å²) in [5, 5.41) is 15.1. The topological polar surface area (TPSA) is 35.5 Å². The molecular formula is C24H34Cl2N2O. The van der Waals surface area contributed by atoms with Gasteiger partial charge in [-0.05, 0) is 29.5 Å². The van der Waals surface area contributed by atoms with Crippen molar-refractivity contribution in [1.82, 2.24) is 10.2 Å². The van der Waals surface area contributed by atoms with Crippen LogP contribution >= 0.6 is 24.8 Å². The first-order valence-corrected chi connectivity index (χ1v) is 10.6. The van der Waals surface area contributed by atoms with Crippen LogP contribution in [0.3, 0.4) is 0 Å². The van der Waals surface area contributed by atoms with Crippen LogP contribution in [0.15, 0.2) is 54.6 Å². The number of piperazine rings is 1. The van der Waals surface area contributed by atoms with Gasteiger partial charge in [0.2, 0.25) is 0 Å². The highest BCUT2D eigenvalue weighted by atomic mass is 35.5. The average Bonchev–Trinajstić information content (AvgIpc) is 2.74. The van der Waals surface area contributed by atoms with Gasteiger partial charge in [-0.1, -0.05) is 73.9 Å².